The average molecular weight is 591 g/mol. The predicted molar refractivity (Wildman–Crippen MR) is 156 cm³/mol. The maximum absolute atomic E-state index is 13.1. The lowest BCUT2D eigenvalue weighted by Crippen LogP contribution is -2.21. The summed E-state index contributed by atoms with van der Waals surface area (Å²) in [5, 5.41) is 13.7. The Morgan fingerprint density at radius 2 is 1.83 bits per heavy atom. The zero-order valence-electron chi connectivity index (χ0n) is 21.8. The lowest BCUT2D eigenvalue weighted by atomic mass is 10.1. The molecule has 1 aromatic heterocycles. The maximum atomic E-state index is 13.1. The van der Waals surface area contributed by atoms with Crippen LogP contribution in [-0.4, -0.2) is 33.1 Å². The van der Waals surface area contributed by atoms with Gasteiger partial charge in [0.25, 0.3) is 11.8 Å². The van der Waals surface area contributed by atoms with Crippen LogP contribution in [0.3, 0.4) is 0 Å². The summed E-state index contributed by atoms with van der Waals surface area (Å²) in [5.74, 6) is 0.636. The number of primary sulfonamides is 1. The van der Waals surface area contributed by atoms with Gasteiger partial charge in [-0.2, -0.15) is 10.1 Å². The van der Waals surface area contributed by atoms with Gasteiger partial charge in [-0.25, -0.2) is 13.6 Å². The fourth-order valence-electron chi connectivity index (χ4n) is 4.12. The first-order valence-corrected chi connectivity index (χ1v) is 14.1. The first-order chi connectivity index (χ1) is 19.5. The highest BCUT2D eigenvalue weighted by Crippen LogP contribution is 2.30. The van der Waals surface area contributed by atoms with Gasteiger partial charge in [0.2, 0.25) is 10.0 Å². The number of rotatable bonds is 7. The number of carbonyl (C=O) groups excluding carboxylic acids is 2. The molecule has 0 unspecified atom stereocenters. The van der Waals surface area contributed by atoms with Crippen molar-refractivity contribution in [2.75, 3.05) is 17.4 Å². The fourth-order valence-corrected chi connectivity index (χ4v) is 4.83. The molecule has 208 valence electrons. The molecule has 0 saturated heterocycles. The number of furan rings is 1. The highest BCUT2D eigenvalue weighted by atomic mass is 35.5. The van der Waals surface area contributed by atoms with Gasteiger partial charge >= 0.3 is 0 Å². The molecule has 5 rings (SSSR count). The van der Waals surface area contributed by atoms with Crippen LogP contribution >= 0.6 is 11.6 Å². The van der Waals surface area contributed by atoms with E-state index in [0.717, 1.165) is 0 Å². The molecule has 0 aliphatic carbocycles. The second-order valence-electron chi connectivity index (χ2n) is 8.98. The third-order valence-corrected chi connectivity index (χ3v) is 7.47. The molecule has 0 atom stereocenters. The molecule has 1 aliphatic heterocycles. The van der Waals surface area contributed by atoms with Gasteiger partial charge < -0.3 is 14.5 Å². The summed E-state index contributed by atoms with van der Waals surface area (Å²) in [7, 11) is -2.32. The minimum absolute atomic E-state index is 0.0735. The van der Waals surface area contributed by atoms with E-state index in [1.54, 1.807) is 74.7 Å². The number of nitrogens with two attached hydrogens (primary N) is 1. The molecule has 1 aliphatic rings. The lowest BCUT2D eigenvalue weighted by Gasteiger charge is -2.12. The quantitative estimate of drug-likeness (QED) is 0.279. The number of anilines is 2. The molecule has 0 spiro atoms. The van der Waals surface area contributed by atoms with E-state index in [4.69, 9.17) is 25.9 Å². The molecule has 0 radical (unpaired) electrons. The van der Waals surface area contributed by atoms with E-state index in [2.05, 4.69) is 10.4 Å². The fraction of sp³-hybridized carbons (Fsp3) is 0.0690. The second kappa shape index (κ2) is 11.0. The summed E-state index contributed by atoms with van der Waals surface area (Å²) in [5.41, 5.74) is 2.54. The first-order valence-electron chi connectivity index (χ1n) is 12.1. The van der Waals surface area contributed by atoms with Crippen LogP contribution in [0.15, 0.2) is 98.8 Å². The van der Waals surface area contributed by atoms with Gasteiger partial charge in [0, 0.05) is 17.3 Å². The molecule has 2 amide bonds. The highest BCUT2D eigenvalue weighted by Gasteiger charge is 2.29. The van der Waals surface area contributed by atoms with E-state index in [0.29, 0.717) is 45.5 Å². The molecule has 12 heteroatoms. The molecular formula is C29H23ClN4O6S. The number of nitrogens with zero attached hydrogens (tertiary/aromatic N) is 2. The van der Waals surface area contributed by atoms with Gasteiger partial charge in [-0.1, -0.05) is 17.7 Å². The number of methoxy groups -OCH3 is 1. The zero-order chi connectivity index (χ0) is 29.3. The van der Waals surface area contributed by atoms with E-state index in [1.807, 2.05) is 0 Å². The number of halogens is 1. The van der Waals surface area contributed by atoms with E-state index in [9.17, 15) is 18.0 Å². The predicted octanol–water partition coefficient (Wildman–Crippen LogP) is 5.31. The third kappa shape index (κ3) is 5.92. The molecule has 4 aromatic rings. The first kappa shape index (κ1) is 27.8. The largest absolute Gasteiger partial charge is 0.497 e. The van der Waals surface area contributed by atoms with Gasteiger partial charge in [-0.15, -0.1) is 0 Å². The van der Waals surface area contributed by atoms with E-state index >= 15 is 0 Å². The molecule has 0 fully saturated rings. The molecule has 0 saturated carbocycles. The van der Waals surface area contributed by atoms with Crippen LogP contribution in [0.5, 0.6) is 5.75 Å². The van der Waals surface area contributed by atoms with Gasteiger partial charge in [-0.3, -0.25) is 9.59 Å². The van der Waals surface area contributed by atoms with Crippen LogP contribution in [0, 0.1) is 0 Å². The SMILES string of the molecule is COc1cccc(NC(=O)c2cc(-c3ccc(/C=C4\C(=O)N(c5ccc(S(N)(=O)=O)cc5)N=C4C)o3)ccc2Cl)c1. The number of benzene rings is 3. The summed E-state index contributed by atoms with van der Waals surface area (Å²) in [6.07, 6.45) is 1.57. The van der Waals surface area contributed by atoms with Crippen molar-refractivity contribution >= 4 is 56.6 Å². The Bertz CT molecular complexity index is 1850. The Morgan fingerprint density at radius 1 is 1.07 bits per heavy atom. The summed E-state index contributed by atoms with van der Waals surface area (Å²) in [6, 6.07) is 20.8. The maximum Gasteiger partial charge on any atom is 0.280 e. The van der Waals surface area contributed by atoms with Gasteiger partial charge in [0.1, 0.15) is 17.3 Å². The molecule has 3 aromatic carbocycles. The number of carbonyl (C=O) groups is 2. The van der Waals surface area contributed by atoms with Crippen LogP contribution in [-0.2, 0) is 14.8 Å². The van der Waals surface area contributed by atoms with Crippen LogP contribution < -0.4 is 20.2 Å². The number of hydrogen-bond acceptors (Lipinski definition) is 7. The monoisotopic (exact) mass is 590 g/mol. The molecular weight excluding hydrogens is 568 g/mol. The second-order valence-corrected chi connectivity index (χ2v) is 11.0. The van der Waals surface area contributed by atoms with Crippen LogP contribution in [0.4, 0.5) is 11.4 Å². The van der Waals surface area contributed by atoms with Crippen molar-refractivity contribution in [2.24, 2.45) is 10.2 Å². The molecule has 3 N–H and O–H groups in total. The highest BCUT2D eigenvalue weighted by molar-refractivity contribution is 7.89. The lowest BCUT2D eigenvalue weighted by molar-refractivity contribution is -0.114. The summed E-state index contributed by atoms with van der Waals surface area (Å²) in [6.45, 7) is 1.68. The molecule has 41 heavy (non-hydrogen) atoms. The van der Waals surface area contributed by atoms with Crippen LogP contribution in [0.25, 0.3) is 17.4 Å². The van der Waals surface area contributed by atoms with Gasteiger partial charge in [0.05, 0.1) is 39.6 Å². The summed E-state index contributed by atoms with van der Waals surface area (Å²) < 4.78 is 34.2. The Hall–Kier alpha value is -4.71. The van der Waals surface area contributed by atoms with Crippen molar-refractivity contribution in [3.05, 3.63) is 101 Å². The minimum atomic E-state index is -3.86. The van der Waals surface area contributed by atoms with Crippen molar-refractivity contribution < 1.29 is 27.2 Å². The van der Waals surface area contributed by atoms with Gasteiger partial charge in [0.15, 0.2) is 0 Å². The Kier molecular flexibility index (Phi) is 7.50. The molecule has 10 nitrogen and oxygen atoms in total. The number of ether oxygens (including phenoxy) is 1. The minimum Gasteiger partial charge on any atom is -0.497 e. The Labute approximate surface area is 240 Å². The van der Waals surface area contributed by atoms with Crippen molar-refractivity contribution in [3.63, 3.8) is 0 Å². The van der Waals surface area contributed by atoms with E-state index < -0.39 is 21.8 Å². The van der Waals surface area contributed by atoms with Crippen molar-refractivity contribution in [1.82, 2.24) is 0 Å². The number of hydrogen-bond donors (Lipinski definition) is 2. The van der Waals surface area contributed by atoms with Crippen molar-refractivity contribution in [2.45, 2.75) is 11.8 Å². The number of sulfonamides is 1. The summed E-state index contributed by atoms with van der Waals surface area (Å²) in [4.78, 5) is 26.0. The topological polar surface area (TPSA) is 144 Å². The Balaban J connectivity index is 1.36. The third-order valence-electron chi connectivity index (χ3n) is 6.21. The van der Waals surface area contributed by atoms with E-state index in [-0.39, 0.29) is 15.5 Å². The van der Waals surface area contributed by atoms with Crippen molar-refractivity contribution in [3.8, 4) is 17.1 Å². The normalized spacial score (nSPS) is 14.3. The standard InChI is InChI=1S/C29H23ClN4O6S/c1-17-24(29(36)34(33-17)20-7-10-23(11-8-20)41(31,37)38)16-22-9-13-27(40-22)18-6-12-26(30)25(14-18)28(35)32-19-4-3-5-21(15-19)39-2/h3-16H,1-2H3,(H,32,35)(H2,31,37,38)/b24-16-. The molecule has 2 heterocycles. The van der Waals surface area contributed by atoms with E-state index in [1.165, 1.54) is 29.3 Å². The number of amides is 2. The van der Waals surface area contributed by atoms with Gasteiger partial charge in [-0.05, 0) is 79.7 Å². The molecule has 0 bridgehead atoms. The van der Waals surface area contributed by atoms with Crippen LogP contribution in [0.1, 0.15) is 23.0 Å². The average Bonchev–Trinajstić information content (AvgIpc) is 3.53. The van der Waals surface area contributed by atoms with Crippen LogP contribution in [0.2, 0.25) is 5.02 Å². The smallest absolute Gasteiger partial charge is 0.280 e. The number of hydrazone groups is 1. The van der Waals surface area contributed by atoms with Crippen molar-refractivity contribution in [1.29, 1.82) is 0 Å². The zero-order valence-corrected chi connectivity index (χ0v) is 23.4. The Morgan fingerprint density at radius 3 is 2.54 bits per heavy atom. The summed E-state index contributed by atoms with van der Waals surface area (Å²) >= 11 is 6.33. The number of nitrogens with one attached hydrogen (secondary N) is 1.